The second-order valence-corrected chi connectivity index (χ2v) is 6.26. The van der Waals surface area contributed by atoms with E-state index in [2.05, 4.69) is 31.2 Å². The number of nitrogens with one attached hydrogen (secondary N) is 1. The maximum Gasteiger partial charge on any atom is 0.256 e. The molecule has 0 radical (unpaired) electrons. The molecule has 0 saturated carbocycles. The average molecular weight is 409 g/mol. The van der Waals surface area contributed by atoms with Crippen molar-refractivity contribution in [3.8, 4) is 0 Å². The Hall–Kier alpha value is -0.880. The highest BCUT2D eigenvalue weighted by atomic mass is 79.9. The third-order valence-corrected chi connectivity index (χ3v) is 3.92. The van der Waals surface area contributed by atoms with Crippen LogP contribution in [0.15, 0.2) is 22.8 Å². The molecule has 0 atom stereocenters. The van der Waals surface area contributed by atoms with Crippen molar-refractivity contribution in [2.24, 2.45) is 0 Å². The molecule has 2 aromatic rings. The third-order valence-electron chi connectivity index (χ3n) is 2.58. The van der Waals surface area contributed by atoms with Gasteiger partial charge in [0.05, 0.1) is 27.8 Å². The molecule has 2 heterocycles. The molecule has 0 aliphatic rings. The summed E-state index contributed by atoms with van der Waals surface area (Å²) in [5.41, 5.74) is 1.32. The Morgan fingerprint density at radius 1 is 1.29 bits per heavy atom. The predicted octanol–water partition coefficient (Wildman–Crippen LogP) is 4.44. The van der Waals surface area contributed by atoms with E-state index in [0.29, 0.717) is 16.4 Å². The van der Waals surface area contributed by atoms with E-state index in [1.807, 2.05) is 0 Å². The maximum atomic E-state index is 12.1. The summed E-state index contributed by atoms with van der Waals surface area (Å²) in [7, 11) is 0. The van der Waals surface area contributed by atoms with Crippen molar-refractivity contribution in [1.82, 2.24) is 15.3 Å². The summed E-state index contributed by atoms with van der Waals surface area (Å²) >= 11 is 21.3. The predicted molar refractivity (Wildman–Crippen MR) is 87.1 cm³/mol. The monoisotopic (exact) mass is 407 g/mol. The average Bonchev–Trinajstić information content (AvgIpc) is 2.36. The van der Waals surface area contributed by atoms with Gasteiger partial charge in [0.1, 0.15) is 5.15 Å². The molecule has 1 N–H and O–H groups in total. The summed E-state index contributed by atoms with van der Waals surface area (Å²) in [5.74, 6) is -0.432. The first-order valence-corrected chi connectivity index (χ1v) is 7.72. The van der Waals surface area contributed by atoms with Crippen LogP contribution in [0.3, 0.4) is 0 Å². The van der Waals surface area contributed by atoms with Crippen molar-refractivity contribution >= 4 is 56.6 Å². The van der Waals surface area contributed by atoms with Gasteiger partial charge in [0.2, 0.25) is 0 Å². The number of aryl methyl sites for hydroxylation is 1. The number of carbonyl (C=O) groups is 1. The first-order chi connectivity index (χ1) is 9.88. The van der Waals surface area contributed by atoms with Crippen molar-refractivity contribution in [3.63, 3.8) is 0 Å². The normalized spacial score (nSPS) is 10.5. The topological polar surface area (TPSA) is 54.9 Å². The third kappa shape index (κ3) is 4.07. The quantitative estimate of drug-likeness (QED) is 0.763. The minimum Gasteiger partial charge on any atom is -0.346 e. The van der Waals surface area contributed by atoms with Crippen LogP contribution in [0.4, 0.5) is 0 Å². The van der Waals surface area contributed by atoms with Crippen LogP contribution in [0.2, 0.25) is 15.2 Å². The Morgan fingerprint density at radius 2 is 2.00 bits per heavy atom. The lowest BCUT2D eigenvalue weighted by Gasteiger charge is -2.09. The van der Waals surface area contributed by atoms with Gasteiger partial charge in [0.15, 0.2) is 0 Å². The molecule has 4 nitrogen and oxygen atoms in total. The summed E-state index contributed by atoms with van der Waals surface area (Å²) < 4.78 is 0.761. The summed E-state index contributed by atoms with van der Waals surface area (Å²) in [6, 6.07) is 3.27. The smallest absolute Gasteiger partial charge is 0.256 e. The first kappa shape index (κ1) is 16.5. The van der Waals surface area contributed by atoms with E-state index >= 15 is 0 Å². The fourth-order valence-electron chi connectivity index (χ4n) is 1.62. The second-order valence-electron chi connectivity index (χ2n) is 4.18. The summed E-state index contributed by atoms with van der Waals surface area (Å²) in [6.45, 7) is 1.90. The molecule has 0 aliphatic carbocycles. The molecule has 0 aliphatic heterocycles. The van der Waals surface area contributed by atoms with E-state index < -0.39 is 5.91 Å². The highest BCUT2D eigenvalue weighted by Gasteiger charge is 2.17. The van der Waals surface area contributed by atoms with Crippen molar-refractivity contribution in [1.29, 1.82) is 0 Å². The van der Waals surface area contributed by atoms with Crippen LogP contribution in [0.25, 0.3) is 0 Å². The molecule has 0 aromatic carbocycles. The van der Waals surface area contributed by atoms with E-state index in [1.54, 1.807) is 25.3 Å². The van der Waals surface area contributed by atoms with Gasteiger partial charge in [-0.05, 0) is 35.0 Å². The Bertz CT molecular complexity index is 686. The summed E-state index contributed by atoms with van der Waals surface area (Å²) in [6.07, 6.45) is 1.60. The van der Waals surface area contributed by atoms with Gasteiger partial charge >= 0.3 is 0 Å². The zero-order valence-electron chi connectivity index (χ0n) is 10.8. The van der Waals surface area contributed by atoms with Crippen molar-refractivity contribution in [2.75, 3.05) is 0 Å². The summed E-state index contributed by atoms with van der Waals surface area (Å²) in [5, 5.41) is 3.43. The zero-order valence-corrected chi connectivity index (χ0v) is 14.6. The molecule has 2 aromatic heterocycles. The molecule has 2 rings (SSSR count). The van der Waals surface area contributed by atoms with Crippen molar-refractivity contribution in [2.45, 2.75) is 13.5 Å². The minimum atomic E-state index is -0.432. The lowest BCUT2D eigenvalue weighted by Crippen LogP contribution is -2.24. The van der Waals surface area contributed by atoms with Gasteiger partial charge in [-0.25, -0.2) is 4.98 Å². The largest absolute Gasteiger partial charge is 0.346 e. The molecule has 1 amide bonds. The second kappa shape index (κ2) is 6.92. The number of hydrogen-bond donors (Lipinski definition) is 1. The van der Waals surface area contributed by atoms with Gasteiger partial charge in [0.25, 0.3) is 5.91 Å². The van der Waals surface area contributed by atoms with Crippen molar-refractivity contribution in [3.05, 3.63) is 55.0 Å². The highest BCUT2D eigenvalue weighted by molar-refractivity contribution is 9.10. The Morgan fingerprint density at radius 3 is 2.62 bits per heavy atom. The standard InChI is InChI=1S/C13H9BrCl3N3O/c1-6-2-9(16)11(12(17)20-6)13(21)19-5-10-8(15)3-7(14)4-18-10/h2-4H,5H2,1H3,(H,19,21). The van der Waals surface area contributed by atoms with Crippen molar-refractivity contribution < 1.29 is 4.79 Å². The van der Waals surface area contributed by atoms with E-state index in [4.69, 9.17) is 34.8 Å². The molecular formula is C13H9BrCl3N3O. The van der Waals surface area contributed by atoms with Crippen LogP contribution >= 0.6 is 50.7 Å². The maximum absolute atomic E-state index is 12.1. The number of amides is 1. The lowest BCUT2D eigenvalue weighted by molar-refractivity contribution is 0.0950. The van der Waals surface area contributed by atoms with Gasteiger partial charge < -0.3 is 5.32 Å². The highest BCUT2D eigenvalue weighted by Crippen LogP contribution is 2.24. The number of carbonyl (C=O) groups excluding carboxylic acids is 1. The molecule has 0 fully saturated rings. The Kier molecular flexibility index (Phi) is 5.43. The van der Waals surface area contributed by atoms with E-state index in [-0.39, 0.29) is 22.3 Å². The van der Waals surface area contributed by atoms with Gasteiger partial charge in [-0.1, -0.05) is 34.8 Å². The molecule has 0 spiro atoms. The lowest BCUT2D eigenvalue weighted by atomic mass is 10.2. The minimum absolute atomic E-state index is 0.0624. The molecule has 8 heteroatoms. The molecule has 0 bridgehead atoms. The molecule has 110 valence electrons. The number of aromatic nitrogens is 2. The van der Waals surface area contributed by atoms with Crippen LogP contribution in [0.5, 0.6) is 0 Å². The van der Waals surface area contributed by atoms with E-state index in [9.17, 15) is 4.79 Å². The van der Waals surface area contributed by atoms with Gasteiger partial charge in [-0.15, -0.1) is 0 Å². The summed E-state index contributed by atoms with van der Waals surface area (Å²) in [4.78, 5) is 20.3. The van der Waals surface area contributed by atoms with Gasteiger partial charge in [0, 0.05) is 16.4 Å². The van der Waals surface area contributed by atoms with Gasteiger partial charge in [-0.2, -0.15) is 0 Å². The fourth-order valence-corrected chi connectivity index (χ4v) is 3.02. The number of nitrogens with zero attached hydrogens (tertiary/aromatic N) is 2. The number of halogens is 4. The fraction of sp³-hybridized carbons (Fsp3) is 0.154. The van der Waals surface area contributed by atoms with Crippen LogP contribution in [0.1, 0.15) is 21.7 Å². The van der Waals surface area contributed by atoms with E-state index in [0.717, 1.165) is 4.47 Å². The van der Waals surface area contributed by atoms with E-state index in [1.165, 1.54) is 0 Å². The number of pyridine rings is 2. The van der Waals surface area contributed by atoms with Crippen LogP contribution in [-0.4, -0.2) is 15.9 Å². The number of hydrogen-bond acceptors (Lipinski definition) is 3. The number of rotatable bonds is 3. The molecule has 0 saturated heterocycles. The zero-order chi connectivity index (χ0) is 15.6. The van der Waals surface area contributed by atoms with Crippen LogP contribution in [0, 0.1) is 6.92 Å². The van der Waals surface area contributed by atoms with Gasteiger partial charge in [-0.3, -0.25) is 9.78 Å². The molecule has 0 unspecified atom stereocenters. The molecular weight excluding hydrogens is 400 g/mol. The SMILES string of the molecule is Cc1cc(Cl)c(C(=O)NCc2ncc(Br)cc2Cl)c(Cl)n1. The first-order valence-electron chi connectivity index (χ1n) is 5.79. The Labute approximate surface area is 145 Å². The molecule has 21 heavy (non-hydrogen) atoms. The van der Waals surface area contributed by atoms with Crippen LogP contribution < -0.4 is 5.32 Å². The van der Waals surface area contributed by atoms with Crippen LogP contribution in [-0.2, 0) is 6.54 Å². The Balaban J connectivity index is 2.16.